The highest BCUT2D eigenvalue weighted by molar-refractivity contribution is 5.44. The Morgan fingerprint density at radius 3 is 2.22 bits per heavy atom. The molecule has 0 saturated heterocycles. The molecule has 0 radical (unpaired) electrons. The van der Waals surface area contributed by atoms with Crippen LogP contribution in [-0.4, -0.2) is 16.3 Å². The average Bonchev–Trinajstić information content (AvgIpc) is 2.71. The van der Waals surface area contributed by atoms with Crippen LogP contribution in [0.4, 0.5) is 8.78 Å². The van der Waals surface area contributed by atoms with Crippen LogP contribution < -0.4 is 0 Å². The van der Waals surface area contributed by atoms with E-state index in [0.717, 1.165) is 19.3 Å². The molecule has 0 aliphatic heterocycles. The number of hydrogen-bond acceptors (Lipinski definition) is 2. The summed E-state index contributed by atoms with van der Waals surface area (Å²) in [6, 6.07) is 10.1. The van der Waals surface area contributed by atoms with Crippen molar-refractivity contribution in [3.63, 3.8) is 0 Å². The van der Waals surface area contributed by atoms with E-state index in [-0.39, 0.29) is 11.3 Å². The number of benzene rings is 2. The molecule has 2 N–H and O–H groups in total. The third-order valence-electron chi connectivity index (χ3n) is 4.91. The maximum absolute atomic E-state index is 14.6. The molecule has 122 valence electrons. The molecule has 0 aromatic heterocycles. The van der Waals surface area contributed by atoms with Crippen molar-refractivity contribution in [2.45, 2.75) is 43.6 Å². The summed E-state index contributed by atoms with van der Waals surface area (Å²) in [5.41, 5.74) is -0.562. The number of aliphatic hydroxyl groups is 1. The number of aromatic hydroxyl groups is 1. The molecule has 23 heavy (non-hydrogen) atoms. The molecule has 0 amide bonds. The van der Waals surface area contributed by atoms with Crippen LogP contribution in [0.25, 0.3) is 0 Å². The van der Waals surface area contributed by atoms with E-state index in [1.165, 1.54) is 30.3 Å². The molecule has 1 saturated carbocycles. The molecule has 2 aromatic rings. The third kappa shape index (κ3) is 2.72. The molecule has 0 bridgehead atoms. The van der Waals surface area contributed by atoms with E-state index in [9.17, 15) is 19.0 Å². The summed E-state index contributed by atoms with van der Waals surface area (Å²) < 4.78 is 29.1. The van der Waals surface area contributed by atoms with Crippen LogP contribution in [0, 0.1) is 11.6 Å². The lowest BCUT2D eigenvalue weighted by atomic mass is 9.67. The minimum Gasteiger partial charge on any atom is -0.508 e. The molecule has 2 nitrogen and oxygen atoms in total. The van der Waals surface area contributed by atoms with Crippen molar-refractivity contribution in [3.8, 4) is 5.75 Å². The SMILES string of the molecule is Oc1ccc(C2(c3c(F)cccc3F)CCCCCC2O)cc1. The van der Waals surface area contributed by atoms with Gasteiger partial charge >= 0.3 is 0 Å². The summed E-state index contributed by atoms with van der Waals surface area (Å²) in [4.78, 5) is 0. The monoisotopic (exact) mass is 318 g/mol. The summed E-state index contributed by atoms with van der Waals surface area (Å²) in [6.45, 7) is 0. The van der Waals surface area contributed by atoms with Crippen molar-refractivity contribution >= 4 is 0 Å². The van der Waals surface area contributed by atoms with E-state index in [1.54, 1.807) is 12.1 Å². The van der Waals surface area contributed by atoms with Crippen molar-refractivity contribution in [2.75, 3.05) is 0 Å². The minimum atomic E-state index is -1.13. The topological polar surface area (TPSA) is 40.5 Å². The first-order valence-corrected chi connectivity index (χ1v) is 7.98. The Labute approximate surface area is 134 Å². The standard InChI is InChI=1S/C19H20F2O2/c20-15-5-4-6-16(21)18(15)19(12-3-1-2-7-17(19)23)13-8-10-14(22)11-9-13/h4-6,8-11,17,22-23H,1-3,7,12H2. The number of aliphatic hydroxyl groups excluding tert-OH is 1. The Bertz CT molecular complexity index is 664. The number of phenols is 1. The smallest absolute Gasteiger partial charge is 0.130 e. The van der Waals surface area contributed by atoms with Gasteiger partial charge in [-0.1, -0.05) is 37.5 Å². The predicted octanol–water partition coefficient (Wildman–Crippen LogP) is 4.28. The van der Waals surface area contributed by atoms with Gasteiger partial charge in [0.05, 0.1) is 11.5 Å². The van der Waals surface area contributed by atoms with Gasteiger partial charge in [0.25, 0.3) is 0 Å². The second-order valence-corrected chi connectivity index (χ2v) is 6.23. The fourth-order valence-corrected chi connectivity index (χ4v) is 3.79. The van der Waals surface area contributed by atoms with Gasteiger partial charge in [-0.05, 0) is 42.7 Å². The molecule has 0 spiro atoms. The van der Waals surface area contributed by atoms with Crippen LogP contribution in [0.3, 0.4) is 0 Å². The second kappa shape index (κ2) is 6.28. The van der Waals surface area contributed by atoms with Gasteiger partial charge in [0.1, 0.15) is 17.4 Å². The van der Waals surface area contributed by atoms with E-state index in [1.807, 2.05) is 0 Å². The molecule has 3 rings (SSSR count). The van der Waals surface area contributed by atoms with E-state index in [0.29, 0.717) is 18.4 Å². The number of rotatable bonds is 2. The fraction of sp³-hybridized carbons (Fsp3) is 0.368. The Hall–Kier alpha value is -1.94. The third-order valence-corrected chi connectivity index (χ3v) is 4.91. The van der Waals surface area contributed by atoms with Crippen LogP contribution in [-0.2, 0) is 5.41 Å². The summed E-state index contributed by atoms with van der Waals surface area (Å²) in [6.07, 6.45) is 2.63. The van der Waals surface area contributed by atoms with Gasteiger partial charge in [0.2, 0.25) is 0 Å². The summed E-state index contributed by atoms with van der Waals surface area (Å²) in [5.74, 6) is -1.20. The molecule has 4 heteroatoms. The summed E-state index contributed by atoms with van der Waals surface area (Å²) >= 11 is 0. The van der Waals surface area contributed by atoms with Gasteiger partial charge in [-0.25, -0.2) is 8.78 Å². The van der Waals surface area contributed by atoms with Crippen LogP contribution in [0.2, 0.25) is 0 Å². The highest BCUT2D eigenvalue weighted by Gasteiger charge is 2.45. The Balaban J connectivity index is 2.27. The van der Waals surface area contributed by atoms with Crippen molar-refractivity contribution in [2.24, 2.45) is 0 Å². The molecule has 1 aliphatic carbocycles. The molecule has 2 aromatic carbocycles. The Kier molecular flexibility index (Phi) is 4.35. The summed E-state index contributed by atoms with van der Waals surface area (Å²) in [5, 5.41) is 20.4. The molecular formula is C19H20F2O2. The molecular weight excluding hydrogens is 298 g/mol. The van der Waals surface area contributed by atoms with Gasteiger partial charge in [-0.15, -0.1) is 0 Å². The lowest BCUT2D eigenvalue weighted by Crippen LogP contribution is -2.41. The Morgan fingerprint density at radius 1 is 0.913 bits per heavy atom. The molecule has 1 fully saturated rings. The normalized spacial score (nSPS) is 25.1. The second-order valence-electron chi connectivity index (χ2n) is 6.23. The quantitative estimate of drug-likeness (QED) is 0.811. The largest absolute Gasteiger partial charge is 0.508 e. The molecule has 1 aliphatic rings. The first kappa shape index (κ1) is 15.9. The highest BCUT2D eigenvalue weighted by Crippen LogP contribution is 2.46. The van der Waals surface area contributed by atoms with Crippen LogP contribution in [0.5, 0.6) is 5.75 Å². The number of hydrogen-bond donors (Lipinski definition) is 2. The maximum atomic E-state index is 14.6. The Morgan fingerprint density at radius 2 is 1.57 bits per heavy atom. The van der Waals surface area contributed by atoms with Crippen molar-refractivity contribution in [1.82, 2.24) is 0 Å². The molecule has 2 unspecified atom stereocenters. The van der Waals surface area contributed by atoms with Gasteiger partial charge in [0.15, 0.2) is 0 Å². The van der Waals surface area contributed by atoms with E-state index in [4.69, 9.17) is 0 Å². The lowest BCUT2D eigenvalue weighted by molar-refractivity contribution is 0.0903. The molecule has 0 heterocycles. The van der Waals surface area contributed by atoms with Gasteiger partial charge in [-0.3, -0.25) is 0 Å². The number of phenolic OH excluding ortho intramolecular Hbond substituents is 1. The van der Waals surface area contributed by atoms with Crippen LogP contribution in [0.15, 0.2) is 42.5 Å². The van der Waals surface area contributed by atoms with E-state index >= 15 is 0 Å². The highest BCUT2D eigenvalue weighted by atomic mass is 19.1. The summed E-state index contributed by atoms with van der Waals surface area (Å²) in [7, 11) is 0. The minimum absolute atomic E-state index is 0.0694. The van der Waals surface area contributed by atoms with E-state index < -0.39 is 23.2 Å². The van der Waals surface area contributed by atoms with Crippen molar-refractivity contribution in [3.05, 3.63) is 65.2 Å². The predicted molar refractivity (Wildman–Crippen MR) is 84.3 cm³/mol. The van der Waals surface area contributed by atoms with E-state index in [2.05, 4.69) is 0 Å². The maximum Gasteiger partial charge on any atom is 0.130 e. The fourth-order valence-electron chi connectivity index (χ4n) is 3.79. The zero-order valence-corrected chi connectivity index (χ0v) is 12.8. The van der Waals surface area contributed by atoms with Gasteiger partial charge in [-0.2, -0.15) is 0 Å². The first-order valence-electron chi connectivity index (χ1n) is 7.98. The van der Waals surface area contributed by atoms with Crippen molar-refractivity contribution in [1.29, 1.82) is 0 Å². The number of halogens is 2. The first-order chi connectivity index (χ1) is 11.1. The van der Waals surface area contributed by atoms with Crippen LogP contribution >= 0.6 is 0 Å². The van der Waals surface area contributed by atoms with Gasteiger partial charge in [0, 0.05) is 5.56 Å². The van der Waals surface area contributed by atoms with Crippen molar-refractivity contribution < 1.29 is 19.0 Å². The molecule has 2 atom stereocenters. The van der Waals surface area contributed by atoms with Crippen LogP contribution in [0.1, 0.15) is 43.2 Å². The zero-order chi connectivity index (χ0) is 16.4. The lowest BCUT2D eigenvalue weighted by Gasteiger charge is -2.38. The average molecular weight is 318 g/mol. The van der Waals surface area contributed by atoms with Gasteiger partial charge < -0.3 is 10.2 Å². The zero-order valence-electron chi connectivity index (χ0n) is 12.8.